The van der Waals surface area contributed by atoms with Gasteiger partial charge >= 0.3 is 0 Å². The summed E-state index contributed by atoms with van der Waals surface area (Å²) in [6.45, 7) is 0.941. The minimum Gasteiger partial charge on any atom is -0.372 e. The largest absolute Gasteiger partial charge is 0.372 e. The van der Waals surface area contributed by atoms with Crippen molar-refractivity contribution in [3.8, 4) is 0 Å². The van der Waals surface area contributed by atoms with Gasteiger partial charge < -0.3 is 4.90 Å². The molecule has 7 heavy (non-hydrogen) atoms. The van der Waals surface area contributed by atoms with Crippen molar-refractivity contribution in [3.63, 3.8) is 0 Å². The van der Waals surface area contributed by atoms with Crippen LogP contribution in [0.2, 0.25) is 0 Å². The van der Waals surface area contributed by atoms with Crippen LogP contribution in [-0.4, -0.2) is 11.4 Å². The molecule has 0 spiro atoms. The van der Waals surface area contributed by atoms with Crippen LogP contribution in [0.4, 0.5) is 0 Å². The lowest BCUT2D eigenvalue weighted by atomic mass is 10.4. The van der Waals surface area contributed by atoms with Gasteiger partial charge in [-0.15, -0.1) is 0 Å². The summed E-state index contributed by atoms with van der Waals surface area (Å²) in [6.07, 6.45) is 7.99. The highest BCUT2D eigenvalue weighted by Crippen LogP contribution is 1.93. The van der Waals surface area contributed by atoms with Crippen LogP contribution in [0, 0.1) is 7.05 Å². The zero-order chi connectivity index (χ0) is 5.11. The van der Waals surface area contributed by atoms with Crippen LogP contribution in [0.25, 0.3) is 0 Å². The Labute approximate surface area is 43.9 Å². The van der Waals surface area contributed by atoms with Crippen LogP contribution < -0.4 is 0 Å². The van der Waals surface area contributed by atoms with Gasteiger partial charge in [0.15, 0.2) is 0 Å². The zero-order valence-corrected chi connectivity index (χ0v) is 4.17. The van der Waals surface area contributed by atoms with Gasteiger partial charge in [0.25, 0.3) is 0 Å². The van der Waals surface area contributed by atoms with Crippen molar-refractivity contribution in [2.24, 2.45) is 0 Å². The first-order valence-corrected chi connectivity index (χ1v) is 2.30. The predicted octanol–water partition coefficient (Wildman–Crippen LogP) is 1.16. The van der Waals surface area contributed by atoms with Gasteiger partial charge in [0.05, 0.1) is 0 Å². The molecule has 0 atom stereocenters. The molecule has 0 N–H and O–H groups in total. The molecule has 0 saturated heterocycles. The van der Waals surface area contributed by atoms with Crippen molar-refractivity contribution in [2.75, 3.05) is 6.54 Å². The fourth-order valence-electron chi connectivity index (χ4n) is 0.507. The third-order valence-electron chi connectivity index (χ3n) is 0.884. The molecule has 37 valence electrons. The molecule has 1 heterocycles. The summed E-state index contributed by atoms with van der Waals surface area (Å²) in [4.78, 5) is 1.88. The summed E-state index contributed by atoms with van der Waals surface area (Å²) in [7, 11) is 3.69. The maximum absolute atomic E-state index is 3.69. The van der Waals surface area contributed by atoms with Crippen LogP contribution in [0.15, 0.2) is 24.4 Å². The summed E-state index contributed by atoms with van der Waals surface area (Å²) >= 11 is 0. The Hall–Kier alpha value is -0.720. The second kappa shape index (κ2) is 1.82. The number of hydrogen-bond acceptors (Lipinski definition) is 1. The van der Waals surface area contributed by atoms with Crippen LogP contribution in [0.1, 0.15) is 0 Å². The first-order chi connectivity index (χ1) is 3.39. The standard InChI is InChI=1S/C6H8N/c1-7-5-3-2-4-6-7/h2-5H,1,6H2. The molecule has 1 aliphatic heterocycles. The molecular formula is C6H8N. The van der Waals surface area contributed by atoms with E-state index in [9.17, 15) is 0 Å². The van der Waals surface area contributed by atoms with Crippen molar-refractivity contribution < 1.29 is 0 Å². The van der Waals surface area contributed by atoms with Gasteiger partial charge in [0.1, 0.15) is 0 Å². The second-order valence-electron chi connectivity index (χ2n) is 1.54. The Morgan fingerprint density at radius 1 is 1.43 bits per heavy atom. The monoisotopic (exact) mass is 94.1 g/mol. The fraction of sp³-hybridized carbons (Fsp3) is 0.167. The molecule has 1 heteroatoms. The van der Waals surface area contributed by atoms with Crippen molar-refractivity contribution in [2.45, 2.75) is 0 Å². The first kappa shape index (κ1) is 4.44. The topological polar surface area (TPSA) is 3.24 Å². The van der Waals surface area contributed by atoms with Gasteiger partial charge in [-0.2, -0.15) is 0 Å². The number of rotatable bonds is 0. The zero-order valence-electron chi connectivity index (χ0n) is 4.17. The highest BCUT2D eigenvalue weighted by atomic mass is 15.1. The van der Waals surface area contributed by atoms with Crippen molar-refractivity contribution >= 4 is 0 Å². The number of allylic oxidation sites excluding steroid dienone is 2. The van der Waals surface area contributed by atoms with E-state index in [1.165, 1.54) is 0 Å². The molecule has 0 saturated carbocycles. The SMILES string of the molecule is [CH2]N1C=CC=CC1. The van der Waals surface area contributed by atoms with E-state index in [4.69, 9.17) is 0 Å². The Balaban J connectivity index is 2.49. The molecule has 0 unspecified atom stereocenters. The molecule has 0 fully saturated rings. The van der Waals surface area contributed by atoms with Gasteiger partial charge in [0, 0.05) is 13.6 Å². The quantitative estimate of drug-likeness (QED) is 0.435. The van der Waals surface area contributed by atoms with Gasteiger partial charge in [-0.25, -0.2) is 0 Å². The summed E-state index contributed by atoms with van der Waals surface area (Å²) in [6, 6.07) is 0. The van der Waals surface area contributed by atoms with E-state index in [1.807, 2.05) is 23.3 Å². The van der Waals surface area contributed by atoms with Crippen LogP contribution >= 0.6 is 0 Å². The van der Waals surface area contributed by atoms with Crippen LogP contribution in [0.3, 0.4) is 0 Å². The summed E-state index contributed by atoms with van der Waals surface area (Å²) < 4.78 is 0. The van der Waals surface area contributed by atoms with Crippen LogP contribution in [-0.2, 0) is 0 Å². The summed E-state index contributed by atoms with van der Waals surface area (Å²) in [5.74, 6) is 0. The predicted molar refractivity (Wildman–Crippen MR) is 30.3 cm³/mol. The average molecular weight is 94.1 g/mol. The number of hydrogen-bond donors (Lipinski definition) is 0. The molecule has 0 aromatic heterocycles. The summed E-state index contributed by atoms with van der Waals surface area (Å²) in [5, 5.41) is 0. The van der Waals surface area contributed by atoms with E-state index >= 15 is 0 Å². The normalized spacial score (nSPS) is 18.1. The lowest BCUT2D eigenvalue weighted by Gasteiger charge is -2.11. The lowest BCUT2D eigenvalue weighted by molar-refractivity contribution is 0.554. The molecule has 0 aromatic carbocycles. The summed E-state index contributed by atoms with van der Waals surface area (Å²) in [5.41, 5.74) is 0. The maximum atomic E-state index is 3.69. The molecule has 0 aliphatic carbocycles. The van der Waals surface area contributed by atoms with E-state index < -0.39 is 0 Å². The average Bonchev–Trinajstić information content (AvgIpc) is 1.69. The highest BCUT2D eigenvalue weighted by Gasteiger charge is 1.86. The molecule has 1 radical (unpaired) electrons. The molecule has 0 aromatic rings. The fourth-order valence-corrected chi connectivity index (χ4v) is 0.507. The minimum absolute atomic E-state index is 0.941. The molecular weight excluding hydrogens is 86.1 g/mol. The van der Waals surface area contributed by atoms with Gasteiger partial charge in [0.2, 0.25) is 0 Å². The Morgan fingerprint density at radius 2 is 2.29 bits per heavy atom. The molecule has 1 rings (SSSR count). The first-order valence-electron chi connectivity index (χ1n) is 2.30. The number of nitrogens with zero attached hydrogens (tertiary/aromatic N) is 1. The Kier molecular flexibility index (Phi) is 1.16. The van der Waals surface area contributed by atoms with E-state index in [2.05, 4.69) is 13.1 Å². The van der Waals surface area contributed by atoms with E-state index in [-0.39, 0.29) is 0 Å². The molecule has 1 nitrogen and oxygen atoms in total. The second-order valence-corrected chi connectivity index (χ2v) is 1.54. The van der Waals surface area contributed by atoms with E-state index in [0.29, 0.717) is 0 Å². The lowest BCUT2D eigenvalue weighted by Crippen LogP contribution is -2.08. The minimum atomic E-state index is 0.941. The van der Waals surface area contributed by atoms with Crippen molar-refractivity contribution in [1.29, 1.82) is 0 Å². The van der Waals surface area contributed by atoms with Gasteiger partial charge in [-0.05, 0) is 12.3 Å². The highest BCUT2D eigenvalue weighted by molar-refractivity contribution is 5.08. The molecule has 0 bridgehead atoms. The van der Waals surface area contributed by atoms with Crippen molar-refractivity contribution in [1.82, 2.24) is 4.90 Å². The third-order valence-corrected chi connectivity index (χ3v) is 0.884. The van der Waals surface area contributed by atoms with Crippen LogP contribution in [0.5, 0.6) is 0 Å². The van der Waals surface area contributed by atoms with Gasteiger partial charge in [-0.3, -0.25) is 0 Å². The smallest absolute Gasteiger partial charge is 0.0357 e. The van der Waals surface area contributed by atoms with E-state index in [0.717, 1.165) is 6.54 Å². The van der Waals surface area contributed by atoms with E-state index in [1.54, 1.807) is 0 Å². The maximum Gasteiger partial charge on any atom is 0.0357 e. The Morgan fingerprint density at radius 3 is 2.57 bits per heavy atom. The van der Waals surface area contributed by atoms with Gasteiger partial charge in [-0.1, -0.05) is 12.2 Å². The Bertz CT molecular complexity index is 103. The molecule has 0 amide bonds. The molecule has 1 aliphatic rings. The van der Waals surface area contributed by atoms with Crippen molar-refractivity contribution in [3.05, 3.63) is 31.5 Å². The third kappa shape index (κ3) is 1.07.